The third-order valence-corrected chi connectivity index (χ3v) is 7.69. The molecule has 1 fully saturated rings. The maximum atomic E-state index is 14.0. The van der Waals surface area contributed by atoms with Gasteiger partial charge in [-0.1, -0.05) is 24.3 Å². The number of fused-ring (bicyclic) bond motifs is 1. The van der Waals surface area contributed by atoms with Crippen LogP contribution in [0, 0.1) is 0 Å². The molecule has 0 atom stereocenters. The highest BCUT2D eigenvalue weighted by atomic mass is 16.5. The van der Waals surface area contributed by atoms with Crippen molar-refractivity contribution in [3.63, 3.8) is 0 Å². The molecule has 4 aromatic rings. The van der Waals surface area contributed by atoms with Crippen LogP contribution in [-0.4, -0.2) is 74.2 Å². The van der Waals surface area contributed by atoms with Gasteiger partial charge in [-0.3, -0.25) is 9.59 Å². The highest BCUT2D eigenvalue weighted by molar-refractivity contribution is 5.99. The first-order chi connectivity index (χ1) is 20.4. The summed E-state index contributed by atoms with van der Waals surface area (Å²) in [4.78, 5) is 34.6. The number of nitrogens with one attached hydrogen (secondary N) is 1. The van der Waals surface area contributed by atoms with Gasteiger partial charge in [0.2, 0.25) is 5.91 Å². The third-order valence-electron chi connectivity index (χ3n) is 7.69. The van der Waals surface area contributed by atoms with E-state index in [1.54, 1.807) is 44.4 Å². The van der Waals surface area contributed by atoms with E-state index >= 15 is 0 Å². The molecule has 3 aromatic carbocycles. The fraction of sp³-hybridized carbons (Fsp3) is 0.333. The number of aromatic amines is 1. The monoisotopic (exact) mass is 571 g/mol. The quantitative estimate of drug-likeness (QED) is 0.241. The van der Waals surface area contributed by atoms with Crippen LogP contribution in [0.1, 0.15) is 34.3 Å². The number of methoxy groups -OCH3 is 4. The Bertz CT molecular complexity index is 1560. The molecule has 0 saturated heterocycles. The summed E-state index contributed by atoms with van der Waals surface area (Å²) < 4.78 is 21.7. The Kier molecular flexibility index (Phi) is 8.85. The number of benzene rings is 3. The number of aromatic nitrogens is 1. The lowest BCUT2D eigenvalue weighted by atomic mass is 10.1. The van der Waals surface area contributed by atoms with Crippen LogP contribution in [0.2, 0.25) is 0 Å². The second kappa shape index (κ2) is 12.9. The normalized spacial score (nSPS) is 12.6. The van der Waals surface area contributed by atoms with E-state index in [1.807, 2.05) is 47.5 Å². The number of carbonyl (C=O) groups is 2. The number of carbonyl (C=O) groups excluding carboxylic acids is 2. The minimum absolute atomic E-state index is 0.0183. The van der Waals surface area contributed by atoms with Crippen molar-refractivity contribution >= 4 is 22.7 Å². The van der Waals surface area contributed by atoms with Crippen LogP contribution in [-0.2, 0) is 17.8 Å². The number of hydrogen-bond donors (Lipinski definition) is 1. The van der Waals surface area contributed by atoms with Gasteiger partial charge in [0.25, 0.3) is 5.91 Å². The fourth-order valence-corrected chi connectivity index (χ4v) is 5.21. The van der Waals surface area contributed by atoms with Crippen molar-refractivity contribution in [3.05, 3.63) is 83.6 Å². The van der Waals surface area contributed by atoms with E-state index in [2.05, 4.69) is 11.1 Å². The number of ether oxygens (including phenoxy) is 4. The molecule has 42 heavy (non-hydrogen) atoms. The van der Waals surface area contributed by atoms with Crippen molar-refractivity contribution in [3.8, 4) is 23.0 Å². The predicted octanol–water partition coefficient (Wildman–Crippen LogP) is 5.08. The van der Waals surface area contributed by atoms with Crippen molar-refractivity contribution in [1.29, 1.82) is 0 Å². The molecule has 1 saturated carbocycles. The lowest BCUT2D eigenvalue weighted by Crippen LogP contribution is -2.44. The maximum Gasteiger partial charge on any atom is 0.258 e. The Hall–Kier alpha value is -4.66. The highest BCUT2D eigenvalue weighted by Crippen LogP contribution is 2.33. The summed E-state index contributed by atoms with van der Waals surface area (Å²) in [5, 5.41) is 1.14. The van der Waals surface area contributed by atoms with Crippen molar-refractivity contribution < 1.29 is 28.5 Å². The zero-order valence-corrected chi connectivity index (χ0v) is 24.5. The Labute approximate surface area is 245 Å². The Morgan fingerprint density at radius 2 is 1.62 bits per heavy atom. The van der Waals surface area contributed by atoms with Gasteiger partial charge >= 0.3 is 0 Å². The standard InChI is InChI=1S/C33H37N3O6/c1-39-25-12-13-27(30(18-25)41-3)33(38)36(24-10-11-24)21-32(37)35(20-22-9-14-29(40-2)31(17-22)42-4)16-15-23-19-34-28-8-6-5-7-26(23)28/h5-9,12-14,17-19,24,34H,10-11,15-16,20-21H2,1-4H3. The first-order valence-electron chi connectivity index (χ1n) is 14.0. The average molecular weight is 572 g/mol. The number of H-pyrrole nitrogens is 1. The molecular weight excluding hydrogens is 534 g/mol. The van der Waals surface area contributed by atoms with E-state index in [4.69, 9.17) is 18.9 Å². The highest BCUT2D eigenvalue weighted by Gasteiger charge is 2.36. The summed E-state index contributed by atoms with van der Waals surface area (Å²) in [5.74, 6) is 1.87. The topological polar surface area (TPSA) is 93.3 Å². The molecule has 5 rings (SSSR count). The molecule has 1 N–H and O–H groups in total. The van der Waals surface area contributed by atoms with Crippen LogP contribution in [0.5, 0.6) is 23.0 Å². The molecule has 1 aromatic heterocycles. The summed E-state index contributed by atoms with van der Waals surface area (Å²) in [6, 6.07) is 18.9. The SMILES string of the molecule is COc1ccc(C(=O)N(CC(=O)N(CCc2c[nH]c3ccccc23)Cc2ccc(OC)c(OC)c2)C2CC2)c(OC)c1. The maximum absolute atomic E-state index is 14.0. The second-order valence-corrected chi connectivity index (χ2v) is 10.3. The van der Waals surface area contributed by atoms with E-state index in [1.165, 1.54) is 7.11 Å². The third kappa shape index (κ3) is 6.30. The average Bonchev–Trinajstić information content (AvgIpc) is 3.80. The molecule has 9 heteroatoms. The lowest BCUT2D eigenvalue weighted by Gasteiger charge is -2.28. The summed E-state index contributed by atoms with van der Waals surface area (Å²) in [6.07, 6.45) is 4.39. The van der Waals surface area contributed by atoms with Gasteiger partial charge < -0.3 is 33.7 Å². The van der Waals surface area contributed by atoms with Crippen molar-refractivity contribution in [1.82, 2.24) is 14.8 Å². The van der Waals surface area contributed by atoms with Crippen LogP contribution in [0.15, 0.2) is 66.9 Å². The molecule has 2 amide bonds. The van der Waals surface area contributed by atoms with E-state index in [0.29, 0.717) is 48.1 Å². The largest absolute Gasteiger partial charge is 0.497 e. The molecule has 1 aliphatic carbocycles. The molecule has 0 bridgehead atoms. The molecule has 0 spiro atoms. The number of para-hydroxylation sites is 1. The number of rotatable bonds is 13. The summed E-state index contributed by atoms with van der Waals surface area (Å²) in [6.45, 7) is 0.813. The van der Waals surface area contributed by atoms with Gasteiger partial charge in [-0.15, -0.1) is 0 Å². The number of hydrogen-bond acceptors (Lipinski definition) is 6. The minimum Gasteiger partial charge on any atom is -0.497 e. The number of amides is 2. The summed E-state index contributed by atoms with van der Waals surface area (Å²) in [5.41, 5.74) is 3.50. The molecule has 0 radical (unpaired) electrons. The molecule has 0 unspecified atom stereocenters. The first-order valence-corrected chi connectivity index (χ1v) is 14.0. The van der Waals surface area contributed by atoms with E-state index in [-0.39, 0.29) is 24.4 Å². The Morgan fingerprint density at radius 1 is 0.857 bits per heavy atom. The summed E-state index contributed by atoms with van der Waals surface area (Å²) in [7, 11) is 6.27. The zero-order chi connectivity index (χ0) is 29.6. The van der Waals surface area contributed by atoms with Crippen molar-refractivity contribution in [2.24, 2.45) is 0 Å². The van der Waals surface area contributed by atoms with Crippen molar-refractivity contribution in [2.75, 3.05) is 41.5 Å². The van der Waals surface area contributed by atoms with E-state index < -0.39 is 0 Å². The predicted molar refractivity (Wildman–Crippen MR) is 161 cm³/mol. The van der Waals surface area contributed by atoms with Gasteiger partial charge in [-0.25, -0.2) is 0 Å². The molecule has 9 nitrogen and oxygen atoms in total. The molecule has 1 aliphatic rings. The smallest absolute Gasteiger partial charge is 0.258 e. The van der Waals surface area contributed by atoms with Crippen LogP contribution < -0.4 is 18.9 Å². The Balaban J connectivity index is 1.40. The van der Waals surface area contributed by atoms with E-state index in [9.17, 15) is 9.59 Å². The minimum atomic E-state index is -0.229. The van der Waals surface area contributed by atoms with Crippen molar-refractivity contribution in [2.45, 2.75) is 31.8 Å². The molecular formula is C33H37N3O6. The number of nitrogens with zero attached hydrogens (tertiary/aromatic N) is 2. The van der Waals surface area contributed by atoms with Gasteiger partial charge in [0.05, 0.1) is 34.0 Å². The van der Waals surface area contributed by atoms with E-state index in [0.717, 1.165) is 34.9 Å². The van der Waals surface area contributed by atoms with Gasteiger partial charge in [-0.05, 0) is 60.7 Å². The Morgan fingerprint density at radius 3 is 2.33 bits per heavy atom. The lowest BCUT2D eigenvalue weighted by molar-refractivity contribution is -0.132. The second-order valence-electron chi connectivity index (χ2n) is 10.3. The fourth-order valence-electron chi connectivity index (χ4n) is 5.21. The molecule has 1 heterocycles. The first kappa shape index (κ1) is 28.9. The zero-order valence-electron chi connectivity index (χ0n) is 24.5. The summed E-state index contributed by atoms with van der Waals surface area (Å²) >= 11 is 0. The van der Waals surface area contributed by atoms with Crippen LogP contribution in [0.3, 0.4) is 0 Å². The molecule has 0 aliphatic heterocycles. The van der Waals surface area contributed by atoms with Crippen LogP contribution in [0.25, 0.3) is 10.9 Å². The van der Waals surface area contributed by atoms with Crippen LogP contribution >= 0.6 is 0 Å². The van der Waals surface area contributed by atoms with Gasteiger partial charge in [-0.2, -0.15) is 0 Å². The van der Waals surface area contributed by atoms with Crippen LogP contribution in [0.4, 0.5) is 0 Å². The van der Waals surface area contributed by atoms with Gasteiger partial charge in [0, 0.05) is 42.3 Å². The van der Waals surface area contributed by atoms with Gasteiger partial charge in [0.1, 0.15) is 18.0 Å². The van der Waals surface area contributed by atoms with Gasteiger partial charge in [0.15, 0.2) is 11.5 Å². The molecule has 220 valence electrons.